The summed E-state index contributed by atoms with van der Waals surface area (Å²) in [7, 11) is 3.26. The van der Waals surface area contributed by atoms with E-state index in [0.717, 1.165) is 11.0 Å². The fourth-order valence-corrected chi connectivity index (χ4v) is 2.28. The molecule has 0 radical (unpaired) electrons. The van der Waals surface area contributed by atoms with E-state index in [4.69, 9.17) is 9.47 Å². The SMILES string of the molecule is COCCN(C(=O)c1ccc2nc[nH]c2c1)C(C)COC. The van der Waals surface area contributed by atoms with Gasteiger partial charge in [-0.25, -0.2) is 4.98 Å². The summed E-state index contributed by atoms with van der Waals surface area (Å²) >= 11 is 0. The van der Waals surface area contributed by atoms with Gasteiger partial charge in [0.25, 0.3) is 5.91 Å². The van der Waals surface area contributed by atoms with Gasteiger partial charge in [0.15, 0.2) is 0 Å². The van der Waals surface area contributed by atoms with Crippen LogP contribution in [0.4, 0.5) is 0 Å². The van der Waals surface area contributed by atoms with Gasteiger partial charge in [0.05, 0.1) is 36.6 Å². The third kappa shape index (κ3) is 3.59. The van der Waals surface area contributed by atoms with Gasteiger partial charge in [0, 0.05) is 26.3 Å². The average Bonchev–Trinajstić information content (AvgIpc) is 2.95. The Balaban J connectivity index is 2.22. The van der Waals surface area contributed by atoms with Crippen LogP contribution in [0.5, 0.6) is 0 Å². The lowest BCUT2D eigenvalue weighted by molar-refractivity contribution is 0.0479. The zero-order chi connectivity index (χ0) is 15.2. The van der Waals surface area contributed by atoms with Crippen LogP contribution in [0, 0.1) is 0 Å². The Hall–Kier alpha value is -1.92. The van der Waals surface area contributed by atoms with E-state index >= 15 is 0 Å². The summed E-state index contributed by atoms with van der Waals surface area (Å²) in [6.45, 7) is 3.47. The number of amides is 1. The topological polar surface area (TPSA) is 67.5 Å². The number of carbonyl (C=O) groups excluding carboxylic acids is 1. The van der Waals surface area contributed by atoms with Crippen LogP contribution in [0.3, 0.4) is 0 Å². The summed E-state index contributed by atoms with van der Waals surface area (Å²) in [6, 6.07) is 5.44. The van der Waals surface area contributed by atoms with Gasteiger partial charge in [0.1, 0.15) is 0 Å². The highest BCUT2D eigenvalue weighted by molar-refractivity contribution is 5.97. The summed E-state index contributed by atoms with van der Waals surface area (Å²) in [5.41, 5.74) is 2.33. The fraction of sp³-hybridized carbons (Fsp3) is 0.467. The number of rotatable bonds is 7. The van der Waals surface area contributed by atoms with E-state index in [1.807, 2.05) is 19.1 Å². The summed E-state index contributed by atoms with van der Waals surface area (Å²) in [5.74, 6) is -0.0342. The van der Waals surface area contributed by atoms with Crippen molar-refractivity contribution in [3.05, 3.63) is 30.1 Å². The van der Waals surface area contributed by atoms with E-state index < -0.39 is 0 Å². The summed E-state index contributed by atoms with van der Waals surface area (Å²) in [4.78, 5) is 21.7. The number of carbonyl (C=O) groups is 1. The van der Waals surface area contributed by atoms with E-state index in [0.29, 0.717) is 25.3 Å². The second-order valence-corrected chi connectivity index (χ2v) is 4.93. The molecule has 6 heteroatoms. The number of benzene rings is 1. The van der Waals surface area contributed by atoms with Crippen molar-refractivity contribution in [3.63, 3.8) is 0 Å². The van der Waals surface area contributed by atoms with Crippen molar-refractivity contribution in [2.24, 2.45) is 0 Å². The van der Waals surface area contributed by atoms with Crippen LogP contribution < -0.4 is 0 Å². The summed E-state index contributed by atoms with van der Waals surface area (Å²) in [5, 5.41) is 0. The number of nitrogens with one attached hydrogen (secondary N) is 1. The minimum Gasteiger partial charge on any atom is -0.383 e. The Morgan fingerprint density at radius 1 is 1.38 bits per heavy atom. The molecule has 1 aromatic carbocycles. The van der Waals surface area contributed by atoms with Gasteiger partial charge in [-0.2, -0.15) is 0 Å². The number of imidazole rings is 1. The van der Waals surface area contributed by atoms with Crippen molar-refractivity contribution in [2.45, 2.75) is 13.0 Å². The molecular weight excluding hydrogens is 270 g/mol. The zero-order valence-electron chi connectivity index (χ0n) is 12.6. The molecule has 0 fully saturated rings. The van der Waals surface area contributed by atoms with Crippen LogP contribution in [-0.4, -0.2) is 60.8 Å². The van der Waals surface area contributed by atoms with Crippen LogP contribution in [0.2, 0.25) is 0 Å². The molecule has 0 saturated heterocycles. The molecule has 21 heavy (non-hydrogen) atoms. The molecule has 0 saturated carbocycles. The third-order valence-electron chi connectivity index (χ3n) is 3.40. The van der Waals surface area contributed by atoms with Gasteiger partial charge < -0.3 is 19.4 Å². The van der Waals surface area contributed by atoms with Crippen LogP contribution in [0.1, 0.15) is 17.3 Å². The van der Waals surface area contributed by atoms with Gasteiger partial charge in [-0.15, -0.1) is 0 Å². The van der Waals surface area contributed by atoms with Crippen LogP contribution in [-0.2, 0) is 9.47 Å². The Morgan fingerprint density at radius 3 is 2.90 bits per heavy atom. The first-order valence-electron chi connectivity index (χ1n) is 6.89. The van der Waals surface area contributed by atoms with Gasteiger partial charge in [-0.3, -0.25) is 4.79 Å². The van der Waals surface area contributed by atoms with Crippen LogP contribution in [0.25, 0.3) is 11.0 Å². The lowest BCUT2D eigenvalue weighted by Gasteiger charge is -2.28. The molecule has 1 atom stereocenters. The second-order valence-electron chi connectivity index (χ2n) is 4.93. The van der Waals surface area contributed by atoms with Gasteiger partial charge >= 0.3 is 0 Å². The van der Waals surface area contributed by atoms with E-state index in [2.05, 4.69) is 9.97 Å². The Bertz CT molecular complexity index is 597. The Labute approximate surface area is 124 Å². The normalized spacial score (nSPS) is 12.5. The number of ether oxygens (including phenoxy) is 2. The zero-order valence-corrected chi connectivity index (χ0v) is 12.6. The molecule has 1 amide bonds. The summed E-state index contributed by atoms with van der Waals surface area (Å²) < 4.78 is 10.3. The molecule has 0 spiro atoms. The van der Waals surface area contributed by atoms with E-state index in [1.165, 1.54) is 0 Å². The Morgan fingerprint density at radius 2 is 2.19 bits per heavy atom. The maximum Gasteiger partial charge on any atom is 0.254 e. The van der Waals surface area contributed by atoms with Gasteiger partial charge in [-0.1, -0.05) is 0 Å². The molecule has 0 aliphatic heterocycles. The van der Waals surface area contributed by atoms with Crippen molar-refractivity contribution < 1.29 is 14.3 Å². The van der Waals surface area contributed by atoms with E-state index in [-0.39, 0.29) is 11.9 Å². The molecule has 0 aliphatic carbocycles. The van der Waals surface area contributed by atoms with Crippen molar-refractivity contribution >= 4 is 16.9 Å². The molecular formula is C15H21N3O3. The van der Waals surface area contributed by atoms with Crippen molar-refractivity contribution in [3.8, 4) is 0 Å². The van der Waals surface area contributed by atoms with Gasteiger partial charge in [0.2, 0.25) is 0 Å². The smallest absolute Gasteiger partial charge is 0.254 e. The molecule has 0 aliphatic rings. The second kappa shape index (κ2) is 7.19. The van der Waals surface area contributed by atoms with E-state index in [1.54, 1.807) is 31.5 Å². The predicted octanol–water partition coefficient (Wildman–Crippen LogP) is 1.69. The number of aromatic amines is 1. The lowest BCUT2D eigenvalue weighted by atomic mass is 10.1. The largest absolute Gasteiger partial charge is 0.383 e. The molecule has 2 aromatic rings. The van der Waals surface area contributed by atoms with Crippen molar-refractivity contribution in [1.82, 2.24) is 14.9 Å². The molecule has 1 aromatic heterocycles. The number of nitrogens with zero attached hydrogens (tertiary/aromatic N) is 2. The molecule has 2 rings (SSSR count). The number of aromatic nitrogens is 2. The first kappa shape index (κ1) is 15.5. The van der Waals surface area contributed by atoms with E-state index in [9.17, 15) is 4.79 Å². The molecule has 1 unspecified atom stereocenters. The highest BCUT2D eigenvalue weighted by atomic mass is 16.5. The molecule has 0 bridgehead atoms. The number of hydrogen-bond donors (Lipinski definition) is 1. The average molecular weight is 291 g/mol. The summed E-state index contributed by atoms with van der Waals surface area (Å²) in [6.07, 6.45) is 1.62. The minimum absolute atomic E-state index is 0.0184. The highest BCUT2D eigenvalue weighted by Gasteiger charge is 2.21. The maximum absolute atomic E-state index is 12.7. The number of H-pyrrole nitrogens is 1. The van der Waals surface area contributed by atoms with Crippen LogP contribution >= 0.6 is 0 Å². The van der Waals surface area contributed by atoms with Crippen molar-refractivity contribution in [2.75, 3.05) is 34.0 Å². The first-order valence-corrected chi connectivity index (χ1v) is 6.89. The lowest BCUT2D eigenvalue weighted by Crippen LogP contribution is -2.43. The molecule has 6 nitrogen and oxygen atoms in total. The monoisotopic (exact) mass is 291 g/mol. The minimum atomic E-state index is -0.0342. The molecule has 114 valence electrons. The fourth-order valence-electron chi connectivity index (χ4n) is 2.28. The predicted molar refractivity (Wildman–Crippen MR) is 80.3 cm³/mol. The molecule has 1 N–H and O–H groups in total. The van der Waals surface area contributed by atoms with Gasteiger partial charge in [-0.05, 0) is 25.1 Å². The quantitative estimate of drug-likeness (QED) is 0.843. The maximum atomic E-state index is 12.7. The number of fused-ring (bicyclic) bond motifs is 1. The Kier molecular flexibility index (Phi) is 5.30. The van der Waals surface area contributed by atoms with Crippen LogP contribution in [0.15, 0.2) is 24.5 Å². The number of methoxy groups -OCH3 is 2. The third-order valence-corrected chi connectivity index (χ3v) is 3.40. The first-order chi connectivity index (χ1) is 10.2. The molecule has 1 heterocycles. The highest BCUT2D eigenvalue weighted by Crippen LogP contribution is 2.15. The standard InChI is InChI=1S/C15H21N3O3/c1-11(9-21-3)18(6-7-20-2)15(19)12-4-5-13-14(8-12)17-10-16-13/h4-5,8,10-11H,6-7,9H2,1-3H3,(H,16,17). The number of hydrogen-bond acceptors (Lipinski definition) is 4. The van der Waals surface area contributed by atoms with Crippen molar-refractivity contribution in [1.29, 1.82) is 0 Å².